The zero-order chi connectivity index (χ0) is 19.2. The maximum absolute atomic E-state index is 11.8. The standard InChI is InChI=1S/C13H15NO2.C9H6O2/c1-3-14(4-2)11-9-10-7-5-6-8-12(10)16-13(11)15;10-9-6-5-7-3-1-2-4-8(7)11-9/h5-9H,3-4H2,1-2H3;1-6H. The van der Waals surface area contributed by atoms with E-state index in [2.05, 4.69) is 0 Å². The minimum Gasteiger partial charge on any atom is -0.423 e. The molecule has 0 saturated heterocycles. The monoisotopic (exact) mass is 363 g/mol. The predicted octanol–water partition coefficient (Wildman–Crippen LogP) is 4.43. The molecule has 0 bridgehead atoms. The van der Waals surface area contributed by atoms with Crippen LogP contribution in [0.4, 0.5) is 5.69 Å². The number of rotatable bonds is 3. The van der Waals surface area contributed by atoms with Crippen molar-refractivity contribution in [1.82, 2.24) is 0 Å². The summed E-state index contributed by atoms with van der Waals surface area (Å²) < 4.78 is 10.2. The van der Waals surface area contributed by atoms with Gasteiger partial charge in [0.15, 0.2) is 0 Å². The van der Waals surface area contributed by atoms with Crippen LogP contribution in [0.1, 0.15) is 13.8 Å². The van der Waals surface area contributed by atoms with Gasteiger partial charge in [-0.15, -0.1) is 0 Å². The van der Waals surface area contributed by atoms with Crippen molar-refractivity contribution in [2.45, 2.75) is 13.8 Å². The normalized spacial score (nSPS) is 10.4. The Hall–Kier alpha value is -3.34. The average Bonchev–Trinajstić information content (AvgIpc) is 2.69. The van der Waals surface area contributed by atoms with Gasteiger partial charge < -0.3 is 13.7 Å². The van der Waals surface area contributed by atoms with Gasteiger partial charge in [-0.25, -0.2) is 9.59 Å². The lowest BCUT2D eigenvalue weighted by molar-refractivity contribution is 0.558. The van der Waals surface area contributed by atoms with Gasteiger partial charge in [-0.3, -0.25) is 0 Å². The van der Waals surface area contributed by atoms with Crippen molar-refractivity contribution in [3.05, 3.63) is 87.6 Å². The van der Waals surface area contributed by atoms with Crippen LogP contribution >= 0.6 is 0 Å². The molecule has 0 N–H and O–H groups in total. The minimum absolute atomic E-state index is 0.262. The zero-order valence-electron chi connectivity index (χ0n) is 15.3. The molecule has 138 valence electrons. The van der Waals surface area contributed by atoms with E-state index in [1.165, 1.54) is 6.07 Å². The Morgan fingerprint density at radius 1 is 0.741 bits per heavy atom. The zero-order valence-corrected chi connectivity index (χ0v) is 15.3. The van der Waals surface area contributed by atoms with Gasteiger partial charge in [-0.2, -0.15) is 0 Å². The van der Waals surface area contributed by atoms with E-state index in [4.69, 9.17) is 8.83 Å². The van der Waals surface area contributed by atoms with Crippen LogP contribution in [-0.4, -0.2) is 13.1 Å². The van der Waals surface area contributed by atoms with E-state index in [-0.39, 0.29) is 11.3 Å². The Bertz CT molecular complexity index is 1160. The summed E-state index contributed by atoms with van der Waals surface area (Å²) in [5, 5.41) is 1.91. The lowest BCUT2D eigenvalue weighted by Crippen LogP contribution is -2.27. The van der Waals surface area contributed by atoms with E-state index in [0.717, 1.165) is 23.9 Å². The number of fused-ring (bicyclic) bond motifs is 2. The van der Waals surface area contributed by atoms with Gasteiger partial charge in [0.25, 0.3) is 0 Å². The van der Waals surface area contributed by atoms with Crippen LogP contribution < -0.4 is 16.2 Å². The highest BCUT2D eigenvalue weighted by atomic mass is 16.4. The van der Waals surface area contributed by atoms with Crippen LogP contribution in [0.25, 0.3) is 21.9 Å². The molecule has 2 aromatic carbocycles. The van der Waals surface area contributed by atoms with E-state index in [9.17, 15) is 9.59 Å². The van der Waals surface area contributed by atoms with Crippen LogP contribution in [0, 0.1) is 0 Å². The summed E-state index contributed by atoms with van der Waals surface area (Å²) >= 11 is 0. The molecule has 5 heteroatoms. The van der Waals surface area contributed by atoms with Crippen LogP contribution in [0.3, 0.4) is 0 Å². The van der Waals surface area contributed by atoms with Gasteiger partial charge in [-0.1, -0.05) is 36.4 Å². The SMILES string of the molecule is CCN(CC)c1cc2ccccc2oc1=O.O=c1ccc2ccccc2o1. The van der Waals surface area contributed by atoms with Crippen molar-refractivity contribution >= 4 is 27.6 Å². The van der Waals surface area contributed by atoms with Gasteiger partial charge in [0, 0.05) is 29.9 Å². The third-order valence-electron chi connectivity index (χ3n) is 4.26. The molecule has 0 aliphatic heterocycles. The van der Waals surface area contributed by atoms with E-state index in [1.807, 2.05) is 67.3 Å². The van der Waals surface area contributed by atoms with Gasteiger partial charge >= 0.3 is 11.3 Å². The first-order valence-electron chi connectivity index (χ1n) is 8.89. The summed E-state index contributed by atoms with van der Waals surface area (Å²) in [6, 6.07) is 20.0. The third-order valence-corrected chi connectivity index (χ3v) is 4.26. The molecule has 0 unspecified atom stereocenters. The summed E-state index contributed by atoms with van der Waals surface area (Å²) in [5.74, 6) is 0. The lowest BCUT2D eigenvalue weighted by atomic mass is 10.2. The molecule has 0 fully saturated rings. The van der Waals surface area contributed by atoms with E-state index < -0.39 is 0 Å². The van der Waals surface area contributed by atoms with Crippen LogP contribution in [0.15, 0.2) is 85.2 Å². The second-order valence-electron chi connectivity index (χ2n) is 5.92. The number of nitrogens with zero attached hydrogens (tertiary/aromatic N) is 1. The van der Waals surface area contributed by atoms with Crippen molar-refractivity contribution in [3.8, 4) is 0 Å². The summed E-state index contributed by atoms with van der Waals surface area (Å²) in [6.07, 6.45) is 0. The van der Waals surface area contributed by atoms with Gasteiger partial charge in [-0.05, 0) is 38.1 Å². The molecule has 0 spiro atoms. The Balaban J connectivity index is 0.000000166. The maximum atomic E-state index is 11.8. The summed E-state index contributed by atoms with van der Waals surface area (Å²) in [6.45, 7) is 5.66. The molecule has 4 rings (SSSR count). The third kappa shape index (κ3) is 4.26. The number of para-hydroxylation sites is 2. The quantitative estimate of drug-likeness (QED) is 0.504. The van der Waals surface area contributed by atoms with E-state index in [0.29, 0.717) is 16.9 Å². The van der Waals surface area contributed by atoms with Crippen molar-refractivity contribution in [2.24, 2.45) is 0 Å². The highest BCUT2D eigenvalue weighted by Crippen LogP contribution is 2.17. The topological polar surface area (TPSA) is 63.7 Å². The molecule has 2 heterocycles. The molecular formula is C22H21NO4. The highest BCUT2D eigenvalue weighted by molar-refractivity contribution is 5.79. The fraction of sp³-hybridized carbons (Fsp3) is 0.182. The molecule has 0 amide bonds. The molecule has 0 atom stereocenters. The Kier molecular flexibility index (Phi) is 5.71. The molecule has 0 radical (unpaired) electrons. The highest BCUT2D eigenvalue weighted by Gasteiger charge is 2.09. The maximum Gasteiger partial charge on any atom is 0.360 e. The largest absolute Gasteiger partial charge is 0.423 e. The van der Waals surface area contributed by atoms with E-state index in [1.54, 1.807) is 12.1 Å². The van der Waals surface area contributed by atoms with Crippen LogP contribution in [-0.2, 0) is 0 Å². The number of benzene rings is 2. The summed E-state index contributed by atoms with van der Waals surface area (Å²) in [5.41, 5.74) is 1.36. The first-order chi connectivity index (χ1) is 13.1. The first-order valence-corrected chi connectivity index (χ1v) is 8.89. The van der Waals surface area contributed by atoms with Gasteiger partial charge in [0.05, 0.1) is 0 Å². The molecule has 0 saturated carbocycles. The van der Waals surface area contributed by atoms with Gasteiger partial charge in [0.2, 0.25) is 0 Å². The predicted molar refractivity (Wildman–Crippen MR) is 109 cm³/mol. The molecule has 5 nitrogen and oxygen atoms in total. The van der Waals surface area contributed by atoms with Gasteiger partial charge in [0.1, 0.15) is 16.9 Å². The molecule has 4 aromatic rings. The molecule has 27 heavy (non-hydrogen) atoms. The van der Waals surface area contributed by atoms with Crippen molar-refractivity contribution in [1.29, 1.82) is 0 Å². The molecule has 0 aliphatic carbocycles. The fourth-order valence-electron chi connectivity index (χ4n) is 2.85. The molecule has 0 aliphatic rings. The molecule has 2 aromatic heterocycles. The van der Waals surface area contributed by atoms with Crippen LogP contribution in [0.2, 0.25) is 0 Å². The Morgan fingerprint density at radius 3 is 2.00 bits per heavy atom. The second kappa shape index (κ2) is 8.36. The minimum atomic E-state index is -0.302. The average molecular weight is 363 g/mol. The van der Waals surface area contributed by atoms with E-state index >= 15 is 0 Å². The smallest absolute Gasteiger partial charge is 0.360 e. The van der Waals surface area contributed by atoms with Crippen molar-refractivity contribution in [2.75, 3.05) is 18.0 Å². The van der Waals surface area contributed by atoms with Crippen LogP contribution in [0.5, 0.6) is 0 Å². The molecular weight excluding hydrogens is 342 g/mol. The number of hydrogen-bond acceptors (Lipinski definition) is 5. The first kappa shape index (κ1) is 18.5. The Labute approximate surface area is 156 Å². The summed E-state index contributed by atoms with van der Waals surface area (Å²) in [4.78, 5) is 24.5. The van der Waals surface area contributed by atoms with Crippen molar-refractivity contribution < 1.29 is 8.83 Å². The lowest BCUT2D eigenvalue weighted by Gasteiger charge is -2.19. The Morgan fingerprint density at radius 2 is 1.33 bits per heavy atom. The van der Waals surface area contributed by atoms with Crippen molar-refractivity contribution in [3.63, 3.8) is 0 Å². The second-order valence-corrected chi connectivity index (χ2v) is 5.92. The summed E-state index contributed by atoms with van der Waals surface area (Å²) in [7, 11) is 0. The number of anilines is 1. The fourth-order valence-corrected chi connectivity index (χ4v) is 2.85. The number of hydrogen-bond donors (Lipinski definition) is 0.